The quantitative estimate of drug-likeness (QED) is 0.680. The van der Waals surface area contributed by atoms with Crippen LogP contribution < -0.4 is 5.73 Å². The van der Waals surface area contributed by atoms with Gasteiger partial charge >= 0.3 is 0 Å². The highest BCUT2D eigenvalue weighted by Gasteiger charge is 2.05. The summed E-state index contributed by atoms with van der Waals surface area (Å²) in [6, 6.07) is 0. The Balaban J connectivity index is 2.97. The fraction of sp³-hybridized carbons (Fsp3) is 0.500. The van der Waals surface area contributed by atoms with Crippen LogP contribution in [0.4, 0.5) is 5.69 Å². The Morgan fingerprint density at radius 2 is 2.10 bits per heavy atom. The number of aryl methyl sites for hydroxylation is 2. The molecule has 0 amide bonds. The second kappa shape index (κ2) is 2.78. The first-order chi connectivity index (χ1) is 4.79. The first-order valence-corrected chi connectivity index (χ1v) is 3.64. The molecule has 0 aliphatic heterocycles. The van der Waals surface area contributed by atoms with Crippen molar-refractivity contribution in [2.24, 2.45) is 0 Å². The van der Waals surface area contributed by atoms with Crippen LogP contribution >= 0.6 is 0 Å². The van der Waals surface area contributed by atoms with E-state index in [2.05, 4.69) is 6.92 Å². The van der Waals surface area contributed by atoms with Crippen molar-refractivity contribution in [1.82, 2.24) is 0 Å². The summed E-state index contributed by atoms with van der Waals surface area (Å²) in [6.45, 7) is 4.11. The predicted molar refractivity (Wildman–Crippen MR) is 41.9 cm³/mol. The maximum absolute atomic E-state index is 5.73. The summed E-state index contributed by atoms with van der Waals surface area (Å²) in [5.74, 6) is 0.914. The molecule has 0 radical (unpaired) electrons. The van der Waals surface area contributed by atoms with Gasteiger partial charge < -0.3 is 10.2 Å². The highest BCUT2D eigenvalue weighted by molar-refractivity contribution is 5.49. The van der Waals surface area contributed by atoms with E-state index in [4.69, 9.17) is 10.2 Å². The monoisotopic (exact) mass is 139 g/mol. The van der Waals surface area contributed by atoms with Crippen LogP contribution in [0, 0.1) is 0 Å². The fourth-order valence-corrected chi connectivity index (χ4v) is 0.996. The Kier molecular flexibility index (Phi) is 2.00. The van der Waals surface area contributed by atoms with Crippen molar-refractivity contribution in [1.29, 1.82) is 0 Å². The number of nitrogen functional groups attached to an aromatic ring is 1. The number of hydrogen-bond acceptors (Lipinski definition) is 2. The van der Waals surface area contributed by atoms with Gasteiger partial charge in [0.05, 0.1) is 12.0 Å². The van der Waals surface area contributed by atoms with Gasteiger partial charge in [0, 0.05) is 12.0 Å². The highest BCUT2D eigenvalue weighted by Crippen LogP contribution is 2.20. The third kappa shape index (κ3) is 1.01. The van der Waals surface area contributed by atoms with Crippen molar-refractivity contribution in [3.05, 3.63) is 17.6 Å². The lowest BCUT2D eigenvalue weighted by Crippen LogP contribution is -1.91. The zero-order valence-corrected chi connectivity index (χ0v) is 6.48. The van der Waals surface area contributed by atoms with E-state index >= 15 is 0 Å². The molecule has 0 saturated heterocycles. The summed E-state index contributed by atoms with van der Waals surface area (Å²) < 4.78 is 5.21. The topological polar surface area (TPSA) is 39.2 Å². The van der Waals surface area contributed by atoms with Gasteiger partial charge in [0.25, 0.3) is 0 Å². The summed E-state index contributed by atoms with van der Waals surface area (Å²) in [6.07, 6.45) is 3.58. The molecule has 1 aromatic rings. The molecule has 2 nitrogen and oxygen atoms in total. The summed E-state index contributed by atoms with van der Waals surface area (Å²) in [7, 11) is 0. The second-order valence-electron chi connectivity index (χ2n) is 2.30. The maximum Gasteiger partial charge on any atom is 0.126 e. The smallest absolute Gasteiger partial charge is 0.126 e. The van der Waals surface area contributed by atoms with Crippen LogP contribution in [-0.2, 0) is 12.8 Å². The van der Waals surface area contributed by atoms with Gasteiger partial charge in [0.15, 0.2) is 0 Å². The lowest BCUT2D eigenvalue weighted by atomic mass is 10.2. The molecule has 1 aromatic heterocycles. The van der Waals surface area contributed by atoms with E-state index in [9.17, 15) is 0 Å². The van der Waals surface area contributed by atoms with Crippen molar-refractivity contribution >= 4 is 5.69 Å². The molecule has 1 rings (SSSR count). The predicted octanol–water partition coefficient (Wildman–Crippen LogP) is 1.99. The molecule has 2 N–H and O–H groups in total. The van der Waals surface area contributed by atoms with Gasteiger partial charge in [0.2, 0.25) is 0 Å². The first kappa shape index (κ1) is 7.19. The summed E-state index contributed by atoms with van der Waals surface area (Å²) in [5, 5.41) is 0. The minimum absolute atomic E-state index is 0.838. The van der Waals surface area contributed by atoms with Crippen LogP contribution in [0.1, 0.15) is 25.2 Å². The zero-order valence-electron chi connectivity index (χ0n) is 6.48. The molecule has 0 bridgehead atoms. The van der Waals surface area contributed by atoms with Crippen LogP contribution in [0.3, 0.4) is 0 Å². The van der Waals surface area contributed by atoms with Crippen molar-refractivity contribution in [3.8, 4) is 0 Å². The molecular weight excluding hydrogens is 126 g/mol. The van der Waals surface area contributed by atoms with E-state index in [1.165, 1.54) is 0 Å². The highest BCUT2D eigenvalue weighted by atomic mass is 16.3. The molecule has 10 heavy (non-hydrogen) atoms. The Labute approximate surface area is 61.0 Å². The van der Waals surface area contributed by atoms with E-state index in [0.29, 0.717) is 0 Å². The number of nitrogens with two attached hydrogens (primary N) is 1. The average Bonchev–Trinajstić information content (AvgIpc) is 2.30. The van der Waals surface area contributed by atoms with Crippen molar-refractivity contribution in [2.45, 2.75) is 26.7 Å². The molecule has 0 fully saturated rings. The van der Waals surface area contributed by atoms with Gasteiger partial charge in [-0.1, -0.05) is 13.8 Å². The zero-order chi connectivity index (χ0) is 7.56. The van der Waals surface area contributed by atoms with Gasteiger partial charge in [-0.2, -0.15) is 0 Å². The molecule has 0 aromatic carbocycles. The van der Waals surface area contributed by atoms with E-state index in [1.54, 1.807) is 6.26 Å². The molecule has 2 heteroatoms. The van der Waals surface area contributed by atoms with Crippen molar-refractivity contribution < 1.29 is 4.42 Å². The van der Waals surface area contributed by atoms with Gasteiger partial charge in [-0.05, 0) is 6.42 Å². The third-order valence-electron chi connectivity index (χ3n) is 1.69. The summed E-state index contributed by atoms with van der Waals surface area (Å²) in [5.41, 5.74) is 7.69. The van der Waals surface area contributed by atoms with E-state index in [0.717, 1.165) is 29.9 Å². The first-order valence-electron chi connectivity index (χ1n) is 3.64. The molecule has 0 atom stereocenters. The van der Waals surface area contributed by atoms with Crippen molar-refractivity contribution in [3.63, 3.8) is 0 Å². The van der Waals surface area contributed by atoms with Gasteiger partial charge in [-0.3, -0.25) is 0 Å². The Morgan fingerprint density at radius 3 is 2.40 bits per heavy atom. The van der Waals surface area contributed by atoms with E-state index in [-0.39, 0.29) is 0 Å². The minimum atomic E-state index is 0.838. The fourth-order valence-electron chi connectivity index (χ4n) is 0.996. The Morgan fingerprint density at radius 1 is 1.40 bits per heavy atom. The summed E-state index contributed by atoms with van der Waals surface area (Å²) in [4.78, 5) is 0. The van der Waals surface area contributed by atoms with Crippen LogP contribution in [0.25, 0.3) is 0 Å². The molecule has 0 unspecified atom stereocenters. The van der Waals surface area contributed by atoms with Gasteiger partial charge in [0.1, 0.15) is 5.76 Å². The van der Waals surface area contributed by atoms with Gasteiger partial charge in [-0.15, -0.1) is 0 Å². The molecule has 56 valence electrons. The molecule has 0 aliphatic rings. The van der Waals surface area contributed by atoms with Crippen LogP contribution in [0.2, 0.25) is 0 Å². The number of furan rings is 1. The third-order valence-corrected chi connectivity index (χ3v) is 1.69. The molecule has 0 saturated carbocycles. The lowest BCUT2D eigenvalue weighted by Gasteiger charge is -1.92. The normalized spacial score (nSPS) is 10.2. The lowest BCUT2D eigenvalue weighted by molar-refractivity contribution is 0.515. The number of anilines is 1. The SMILES string of the molecule is CCc1coc(CC)c1N. The Bertz CT molecular complexity index is 194. The maximum atomic E-state index is 5.73. The van der Waals surface area contributed by atoms with E-state index < -0.39 is 0 Å². The molecule has 0 spiro atoms. The second-order valence-corrected chi connectivity index (χ2v) is 2.30. The number of hydrogen-bond donors (Lipinski definition) is 1. The number of rotatable bonds is 2. The van der Waals surface area contributed by atoms with Crippen LogP contribution in [-0.4, -0.2) is 0 Å². The van der Waals surface area contributed by atoms with Gasteiger partial charge in [-0.25, -0.2) is 0 Å². The average molecular weight is 139 g/mol. The molecule has 0 aliphatic carbocycles. The van der Waals surface area contributed by atoms with Crippen LogP contribution in [0.15, 0.2) is 10.7 Å². The van der Waals surface area contributed by atoms with Crippen LogP contribution in [0.5, 0.6) is 0 Å². The Hall–Kier alpha value is -0.920. The minimum Gasteiger partial charge on any atom is -0.467 e. The van der Waals surface area contributed by atoms with Crippen molar-refractivity contribution in [2.75, 3.05) is 5.73 Å². The largest absolute Gasteiger partial charge is 0.467 e. The standard InChI is InChI=1S/C8H13NO/c1-3-6-5-10-7(4-2)8(6)9/h5H,3-4,9H2,1-2H3. The molecular formula is C8H13NO. The molecule has 1 heterocycles. The van der Waals surface area contributed by atoms with E-state index in [1.807, 2.05) is 6.92 Å². The summed E-state index contributed by atoms with van der Waals surface area (Å²) >= 11 is 0.